The lowest BCUT2D eigenvalue weighted by atomic mass is 9.81. The molecule has 0 spiro atoms. The molecule has 1 aromatic rings. The zero-order chi connectivity index (χ0) is 13.0. The van der Waals surface area contributed by atoms with Gasteiger partial charge in [0, 0.05) is 12.5 Å². The van der Waals surface area contributed by atoms with E-state index in [2.05, 4.69) is 5.32 Å². The molecule has 0 saturated carbocycles. The fraction of sp³-hybridized carbons (Fsp3) is 0.500. The molecule has 98 valence electrons. The third-order valence-electron chi connectivity index (χ3n) is 3.52. The molecule has 0 amide bonds. The molecule has 2 atom stereocenters. The summed E-state index contributed by atoms with van der Waals surface area (Å²) in [5.41, 5.74) is 1.07. The van der Waals surface area contributed by atoms with Gasteiger partial charge in [-0.1, -0.05) is 18.2 Å². The van der Waals surface area contributed by atoms with Crippen LogP contribution in [0.3, 0.4) is 0 Å². The number of para-hydroxylation sites is 1. The molecule has 1 aliphatic rings. The number of methoxy groups -OCH3 is 2. The highest BCUT2D eigenvalue weighted by molar-refractivity contribution is 5.74. The van der Waals surface area contributed by atoms with E-state index in [-0.39, 0.29) is 17.8 Å². The van der Waals surface area contributed by atoms with Gasteiger partial charge in [-0.3, -0.25) is 4.79 Å². The Morgan fingerprint density at radius 1 is 1.33 bits per heavy atom. The predicted octanol–water partition coefficient (Wildman–Crippen LogP) is 1.56. The highest BCUT2D eigenvalue weighted by Gasteiger charge is 2.34. The molecule has 18 heavy (non-hydrogen) atoms. The fourth-order valence-electron chi connectivity index (χ4n) is 2.59. The topological polar surface area (TPSA) is 47.6 Å². The minimum absolute atomic E-state index is 0.0902. The number of carbonyl (C=O) groups is 1. The Bertz CT molecular complexity index is 419. The van der Waals surface area contributed by atoms with Gasteiger partial charge >= 0.3 is 5.97 Å². The van der Waals surface area contributed by atoms with E-state index in [9.17, 15) is 4.79 Å². The average Bonchev–Trinajstić information content (AvgIpc) is 2.46. The summed E-state index contributed by atoms with van der Waals surface area (Å²) in [6, 6.07) is 7.86. The van der Waals surface area contributed by atoms with E-state index in [1.54, 1.807) is 7.11 Å². The van der Waals surface area contributed by atoms with Crippen LogP contribution < -0.4 is 10.1 Å². The first-order valence-corrected chi connectivity index (χ1v) is 6.19. The van der Waals surface area contributed by atoms with Gasteiger partial charge in [0.25, 0.3) is 0 Å². The molecule has 4 heteroatoms. The van der Waals surface area contributed by atoms with Gasteiger partial charge in [0.05, 0.1) is 20.1 Å². The second-order valence-corrected chi connectivity index (χ2v) is 4.47. The van der Waals surface area contributed by atoms with Gasteiger partial charge < -0.3 is 14.8 Å². The van der Waals surface area contributed by atoms with E-state index in [1.165, 1.54) is 7.11 Å². The first kappa shape index (κ1) is 12.9. The third kappa shape index (κ3) is 2.48. The van der Waals surface area contributed by atoms with Crippen LogP contribution in [0.5, 0.6) is 5.75 Å². The fourth-order valence-corrected chi connectivity index (χ4v) is 2.59. The lowest BCUT2D eigenvalue weighted by Crippen LogP contribution is -2.39. The van der Waals surface area contributed by atoms with Crippen LogP contribution in [0, 0.1) is 5.92 Å². The largest absolute Gasteiger partial charge is 0.496 e. The van der Waals surface area contributed by atoms with Crippen LogP contribution in [-0.4, -0.2) is 33.3 Å². The number of ether oxygens (including phenoxy) is 2. The molecule has 1 fully saturated rings. The first-order chi connectivity index (χ1) is 8.77. The number of esters is 1. The number of piperidine rings is 1. The summed E-state index contributed by atoms with van der Waals surface area (Å²) in [7, 11) is 3.10. The van der Waals surface area contributed by atoms with E-state index >= 15 is 0 Å². The average molecular weight is 249 g/mol. The van der Waals surface area contributed by atoms with Crippen molar-refractivity contribution in [2.45, 2.75) is 12.3 Å². The summed E-state index contributed by atoms with van der Waals surface area (Å²) in [6.45, 7) is 1.63. The number of carbonyl (C=O) groups excluding carboxylic acids is 1. The molecular weight excluding hydrogens is 230 g/mol. The van der Waals surface area contributed by atoms with Crippen molar-refractivity contribution in [1.82, 2.24) is 5.32 Å². The zero-order valence-electron chi connectivity index (χ0n) is 10.8. The molecule has 0 unspecified atom stereocenters. The zero-order valence-corrected chi connectivity index (χ0v) is 10.8. The smallest absolute Gasteiger partial charge is 0.309 e. The van der Waals surface area contributed by atoms with Gasteiger partial charge in [0.15, 0.2) is 0 Å². The van der Waals surface area contributed by atoms with Gasteiger partial charge in [-0.2, -0.15) is 0 Å². The number of hydrogen-bond acceptors (Lipinski definition) is 4. The molecule has 1 saturated heterocycles. The number of hydrogen-bond donors (Lipinski definition) is 1. The normalized spacial score (nSPS) is 23.4. The minimum Gasteiger partial charge on any atom is -0.496 e. The Kier molecular flexibility index (Phi) is 4.20. The SMILES string of the molecule is COC(=O)[C@@H]1CCNC[C@H]1c1ccccc1OC. The summed E-state index contributed by atoms with van der Waals surface area (Å²) >= 11 is 0. The van der Waals surface area contributed by atoms with Crippen LogP contribution in [0.25, 0.3) is 0 Å². The Morgan fingerprint density at radius 3 is 2.83 bits per heavy atom. The lowest BCUT2D eigenvalue weighted by Gasteiger charge is -2.31. The maximum Gasteiger partial charge on any atom is 0.309 e. The van der Waals surface area contributed by atoms with Crippen LogP contribution in [-0.2, 0) is 9.53 Å². The molecule has 0 aliphatic carbocycles. The van der Waals surface area contributed by atoms with Gasteiger partial charge in [0.2, 0.25) is 0 Å². The van der Waals surface area contributed by atoms with Crippen molar-refractivity contribution in [3.8, 4) is 5.75 Å². The Labute approximate surface area is 107 Å². The molecule has 1 heterocycles. The van der Waals surface area contributed by atoms with Gasteiger partial charge in [-0.05, 0) is 24.6 Å². The number of rotatable bonds is 3. The van der Waals surface area contributed by atoms with Crippen molar-refractivity contribution < 1.29 is 14.3 Å². The van der Waals surface area contributed by atoms with Crippen LogP contribution >= 0.6 is 0 Å². The Hall–Kier alpha value is -1.55. The van der Waals surface area contributed by atoms with Crippen molar-refractivity contribution in [2.24, 2.45) is 5.92 Å². The first-order valence-electron chi connectivity index (χ1n) is 6.19. The second-order valence-electron chi connectivity index (χ2n) is 4.47. The van der Waals surface area contributed by atoms with Gasteiger partial charge in [0.1, 0.15) is 5.75 Å². The second kappa shape index (κ2) is 5.87. The highest BCUT2D eigenvalue weighted by Crippen LogP contribution is 2.35. The summed E-state index contributed by atoms with van der Waals surface area (Å²) in [6.07, 6.45) is 0.801. The van der Waals surface area contributed by atoms with E-state index in [4.69, 9.17) is 9.47 Å². The quantitative estimate of drug-likeness (QED) is 0.826. The van der Waals surface area contributed by atoms with Crippen LogP contribution in [0.2, 0.25) is 0 Å². The standard InChI is InChI=1S/C14H19NO3/c1-17-13-6-4-3-5-10(13)12-9-15-8-7-11(12)14(16)18-2/h3-6,11-12,15H,7-9H2,1-2H3/t11-,12+/m1/s1. The van der Waals surface area contributed by atoms with Crippen molar-refractivity contribution >= 4 is 5.97 Å². The molecule has 2 rings (SSSR count). The molecule has 0 radical (unpaired) electrons. The van der Waals surface area contributed by atoms with Crippen molar-refractivity contribution in [2.75, 3.05) is 27.3 Å². The molecule has 0 aromatic heterocycles. The van der Waals surface area contributed by atoms with E-state index in [0.717, 1.165) is 30.8 Å². The molecule has 1 aliphatic heterocycles. The van der Waals surface area contributed by atoms with Gasteiger partial charge in [-0.15, -0.1) is 0 Å². The summed E-state index contributed by atoms with van der Waals surface area (Å²) in [5.74, 6) is 0.724. The maximum atomic E-state index is 11.9. The van der Waals surface area contributed by atoms with Crippen LogP contribution in [0.15, 0.2) is 24.3 Å². The lowest BCUT2D eigenvalue weighted by molar-refractivity contribution is -0.147. The number of nitrogens with one attached hydrogen (secondary N) is 1. The van der Waals surface area contributed by atoms with E-state index in [1.807, 2.05) is 24.3 Å². The summed E-state index contributed by atoms with van der Waals surface area (Å²) in [4.78, 5) is 11.9. The van der Waals surface area contributed by atoms with Crippen LogP contribution in [0.4, 0.5) is 0 Å². The van der Waals surface area contributed by atoms with Crippen LogP contribution in [0.1, 0.15) is 17.9 Å². The Morgan fingerprint density at radius 2 is 2.11 bits per heavy atom. The highest BCUT2D eigenvalue weighted by atomic mass is 16.5. The van der Waals surface area contributed by atoms with Gasteiger partial charge in [-0.25, -0.2) is 0 Å². The molecular formula is C14H19NO3. The summed E-state index contributed by atoms with van der Waals surface area (Å²) in [5, 5.41) is 3.33. The molecule has 1 N–H and O–H groups in total. The third-order valence-corrected chi connectivity index (χ3v) is 3.52. The van der Waals surface area contributed by atoms with E-state index < -0.39 is 0 Å². The maximum absolute atomic E-state index is 11.9. The predicted molar refractivity (Wildman–Crippen MR) is 68.7 cm³/mol. The molecule has 4 nitrogen and oxygen atoms in total. The minimum atomic E-state index is -0.132. The monoisotopic (exact) mass is 249 g/mol. The summed E-state index contributed by atoms with van der Waals surface area (Å²) < 4.78 is 10.3. The number of benzene rings is 1. The van der Waals surface area contributed by atoms with Crippen molar-refractivity contribution in [1.29, 1.82) is 0 Å². The molecule has 0 bridgehead atoms. The van der Waals surface area contributed by atoms with Crippen molar-refractivity contribution in [3.05, 3.63) is 29.8 Å². The van der Waals surface area contributed by atoms with Crippen molar-refractivity contribution in [3.63, 3.8) is 0 Å². The molecule has 1 aromatic carbocycles. The van der Waals surface area contributed by atoms with E-state index in [0.29, 0.717) is 0 Å². The Balaban J connectivity index is 2.30.